The van der Waals surface area contributed by atoms with Crippen molar-refractivity contribution in [2.24, 2.45) is 0 Å². The van der Waals surface area contributed by atoms with Gasteiger partial charge in [-0.2, -0.15) is 5.26 Å². The number of hydrogen-bond donors (Lipinski definition) is 1. The standard InChI is InChI=1S/C29H29F2N7O2S/c1-37(12-16-4-2-3-7-40-16)15-5-6-38(11-15)29-35-9-18-19-13-39-14-20(19)22(24(31)25(18)36-29)26-23-17(8-32)28(33)41-27(23)21(30)10-34-26/h9-10,15-16H,2-7,11-14,33H2,1H3/t15-,16?/m0/s1. The van der Waals surface area contributed by atoms with Crippen molar-refractivity contribution in [1.29, 1.82) is 5.26 Å². The number of halogens is 2. The Kier molecular flexibility index (Phi) is 6.70. The zero-order chi connectivity index (χ0) is 28.2. The molecule has 7 rings (SSSR count). The average molecular weight is 578 g/mol. The van der Waals surface area contributed by atoms with Gasteiger partial charge in [-0.25, -0.2) is 18.7 Å². The maximum Gasteiger partial charge on any atom is 0.226 e. The van der Waals surface area contributed by atoms with E-state index >= 15 is 4.39 Å². The quantitative estimate of drug-likeness (QED) is 0.359. The Morgan fingerprint density at radius 3 is 2.85 bits per heavy atom. The number of nitrogens with two attached hydrogens (primary N) is 1. The van der Waals surface area contributed by atoms with Crippen LogP contribution in [0.3, 0.4) is 0 Å². The summed E-state index contributed by atoms with van der Waals surface area (Å²) in [5.74, 6) is -0.741. The molecule has 3 aliphatic rings. The highest BCUT2D eigenvalue weighted by atomic mass is 32.1. The molecule has 3 aromatic heterocycles. The number of rotatable bonds is 5. The van der Waals surface area contributed by atoms with Gasteiger partial charge in [0.15, 0.2) is 11.6 Å². The first kappa shape index (κ1) is 26.4. The zero-order valence-electron chi connectivity index (χ0n) is 22.6. The molecule has 0 bridgehead atoms. The van der Waals surface area contributed by atoms with Crippen LogP contribution in [0.4, 0.5) is 19.7 Å². The van der Waals surface area contributed by atoms with Gasteiger partial charge in [0.05, 0.1) is 41.5 Å². The largest absolute Gasteiger partial charge is 0.389 e. The molecule has 0 aliphatic carbocycles. The molecule has 212 valence electrons. The number of thiophene rings is 1. The maximum absolute atomic E-state index is 16.6. The number of hydrogen-bond acceptors (Lipinski definition) is 10. The van der Waals surface area contributed by atoms with Crippen molar-refractivity contribution in [3.8, 4) is 17.3 Å². The zero-order valence-corrected chi connectivity index (χ0v) is 23.4. The van der Waals surface area contributed by atoms with Crippen LogP contribution in [0.2, 0.25) is 0 Å². The molecule has 4 aromatic rings. The second kappa shape index (κ2) is 10.4. The number of pyridine rings is 1. The normalized spacial score (nSPS) is 20.8. The second-order valence-electron chi connectivity index (χ2n) is 11.0. The van der Waals surface area contributed by atoms with E-state index < -0.39 is 11.6 Å². The molecule has 2 N–H and O–H groups in total. The van der Waals surface area contributed by atoms with Crippen molar-refractivity contribution in [1.82, 2.24) is 19.9 Å². The molecule has 3 aliphatic heterocycles. The summed E-state index contributed by atoms with van der Waals surface area (Å²) in [6.07, 6.45) is 7.36. The van der Waals surface area contributed by atoms with E-state index in [-0.39, 0.29) is 56.7 Å². The van der Waals surface area contributed by atoms with Gasteiger partial charge in [0.1, 0.15) is 16.6 Å². The van der Waals surface area contributed by atoms with E-state index in [4.69, 9.17) is 20.2 Å². The Balaban J connectivity index is 1.28. The van der Waals surface area contributed by atoms with Crippen LogP contribution in [0.25, 0.3) is 32.2 Å². The third-order valence-electron chi connectivity index (χ3n) is 8.57. The molecule has 1 unspecified atom stereocenters. The van der Waals surface area contributed by atoms with Gasteiger partial charge in [-0.15, -0.1) is 11.3 Å². The lowest BCUT2D eigenvalue weighted by molar-refractivity contribution is -0.00674. The third kappa shape index (κ3) is 4.39. The van der Waals surface area contributed by atoms with E-state index in [1.807, 2.05) is 6.07 Å². The minimum atomic E-state index is -0.607. The summed E-state index contributed by atoms with van der Waals surface area (Å²) in [6.45, 7) is 3.64. The molecule has 0 saturated carbocycles. The van der Waals surface area contributed by atoms with Crippen LogP contribution in [0.15, 0.2) is 12.4 Å². The minimum absolute atomic E-state index is 0.0911. The van der Waals surface area contributed by atoms with Gasteiger partial charge in [-0.3, -0.25) is 9.88 Å². The van der Waals surface area contributed by atoms with Crippen molar-refractivity contribution in [2.75, 3.05) is 43.9 Å². The van der Waals surface area contributed by atoms with Gasteiger partial charge in [-0.1, -0.05) is 0 Å². The fraction of sp³-hybridized carbons (Fsp3) is 0.448. The van der Waals surface area contributed by atoms with Crippen molar-refractivity contribution < 1.29 is 18.3 Å². The van der Waals surface area contributed by atoms with E-state index in [9.17, 15) is 9.65 Å². The minimum Gasteiger partial charge on any atom is -0.389 e. The van der Waals surface area contributed by atoms with Crippen LogP contribution in [0.5, 0.6) is 0 Å². The van der Waals surface area contributed by atoms with E-state index in [1.165, 1.54) is 6.42 Å². The average Bonchev–Trinajstić information content (AvgIpc) is 3.74. The Labute approximate surface area is 239 Å². The Morgan fingerprint density at radius 1 is 1.20 bits per heavy atom. The summed E-state index contributed by atoms with van der Waals surface area (Å²) < 4.78 is 43.1. The summed E-state index contributed by atoms with van der Waals surface area (Å²) in [5, 5.41) is 10.7. The fourth-order valence-corrected chi connectivity index (χ4v) is 7.32. The Morgan fingerprint density at radius 2 is 2.05 bits per heavy atom. The molecule has 41 heavy (non-hydrogen) atoms. The van der Waals surface area contributed by atoms with Crippen LogP contribution < -0.4 is 10.6 Å². The van der Waals surface area contributed by atoms with Gasteiger partial charge >= 0.3 is 0 Å². The molecule has 6 heterocycles. The number of nitriles is 1. The first-order chi connectivity index (χ1) is 19.9. The third-order valence-corrected chi connectivity index (χ3v) is 9.59. The van der Waals surface area contributed by atoms with E-state index in [0.29, 0.717) is 22.9 Å². The highest BCUT2D eigenvalue weighted by molar-refractivity contribution is 7.23. The molecular weight excluding hydrogens is 548 g/mol. The molecule has 9 nitrogen and oxygen atoms in total. The molecule has 2 atom stereocenters. The van der Waals surface area contributed by atoms with E-state index in [0.717, 1.165) is 68.6 Å². The van der Waals surface area contributed by atoms with Gasteiger partial charge in [0, 0.05) is 54.8 Å². The Bertz CT molecular complexity index is 1720. The fourth-order valence-electron chi connectivity index (χ4n) is 6.40. The van der Waals surface area contributed by atoms with Gasteiger partial charge in [-0.05, 0) is 43.9 Å². The number of fused-ring (bicyclic) bond motifs is 4. The van der Waals surface area contributed by atoms with Gasteiger partial charge in [0.2, 0.25) is 5.95 Å². The second-order valence-corrected chi connectivity index (χ2v) is 12.1. The topological polar surface area (TPSA) is 113 Å². The smallest absolute Gasteiger partial charge is 0.226 e. The van der Waals surface area contributed by atoms with Crippen LogP contribution in [0.1, 0.15) is 42.4 Å². The van der Waals surface area contributed by atoms with Crippen LogP contribution in [0, 0.1) is 23.0 Å². The highest BCUT2D eigenvalue weighted by Crippen LogP contribution is 2.45. The highest BCUT2D eigenvalue weighted by Gasteiger charge is 2.32. The van der Waals surface area contributed by atoms with Crippen molar-refractivity contribution in [3.63, 3.8) is 0 Å². The molecule has 0 radical (unpaired) electrons. The Hall–Kier alpha value is -3.50. The lowest BCUT2D eigenvalue weighted by Crippen LogP contribution is -2.41. The number of nitrogens with zero attached hydrogens (tertiary/aromatic N) is 6. The molecule has 2 saturated heterocycles. The molecule has 12 heteroatoms. The van der Waals surface area contributed by atoms with E-state index in [2.05, 4.69) is 26.8 Å². The first-order valence-electron chi connectivity index (χ1n) is 13.9. The van der Waals surface area contributed by atoms with Crippen LogP contribution in [-0.2, 0) is 22.7 Å². The number of benzene rings is 1. The monoisotopic (exact) mass is 577 g/mol. The maximum atomic E-state index is 16.6. The van der Waals surface area contributed by atoms with E-state index in [1.54, 1.807) is 6.20 Å². The summed E-state index contributed by atoms with van der Waals surface area (Å²) in [4.78, 5) is 18.1. The lowest BCUT2D eigenvalue weighted by atomic mass is 9.94. The lowest BCUT2D eigenvalue weighted by Gasteiger charge is -2.31. The molecule has 0 amide bonds. The predicted octanol–water partition coefficient (Wildman–Crippen LogP) is 4.75. The first-order valence-corrected chi connectivity index (χ1v) is 14.7. The summed E-state index contributed by atoms with van der Waals surface area (Å²) in [7, 11) is 2.13. The van der Waals surface area contributed by atoms with Gasteiger partial charge < -0.3 is 20.1 Å². The molecular formula is C29H29F2N7O2S. The number of nitrogen functional groups attached to an aromatic ring is 1. The number of aromatic nitrogens is 3. The van der Waals surface area contributed by atoms with Crippen LogP contribution >= 0.6 is 11.3 Å². The summed E-state index contributed by atoms with van der Waals surface area (Å²) >= 11 is 0.956. The summed E-state index contributed by atoms with van der Waals surface area (Å²) in [5.41, 5.74) is 8.00. The number of likely N-dealkylation sites (N-methyl/N-ethyl adjacent to an activating group) is 1. The van der Waals surface area contributed by atoms with Crippen molar-refractivity contribution in [3.05, 3.63) is 40.7 Å². The molecule has 1 aromatic carbocycles. The number of ether oxygens (including phenoxy) is 2. The van der Waals surface area contributed by atoms with Crippen molar-refractivity contribution >= 4 is 43.3 Å². The number of anilines is 2. The molecule has 2 fully saturated rings. The van der Waals surface area contributed by atoms with Crippen molar-refractivity contribution in [2.45, 2.75) is 51.0 Å². The molecule has 0 spiro atoms. The van der Waals surface area contributed by atoms with Crippen LogP contribution in [-0.4, -0.2) is 65.3 Å². The summed E-state index contributed by atoms with van der Waals surface area (Å²) in [6, 6.07) is 2.36. The SMILES string of the molecule is CN(CC1CCCCO1)[C@H]1CCN(c2ncc3c4c(c(-c5ncc(F)c6sc(N)c(C#N)c56)c(F)c3n2)COC4)C1. The van der Waals surface area contributed by atoms with Gasteiger partial charge in [0.25, 0.3) is 0 Å². The predicted molar refractivity (Wildman–Crippen MR) is 153 cm³/mol.